The van der Waals surface area contributed by atoms with Gasteiger partial charge >= 0.3 is 0 Å². The van der Waals surface area contributed by atoms with Crippen LogP contribution in [0, 0.1) is 0 Å². The molecule has 116 valence electrons. The summed E-state index contributed by atoms with van der Waals surface area (Å²) < 4.78 is 5.15. The Kier molecular flexibility index (Phi) is 5.06. The Balaban J connectivity index is 1.49. The first-order chi connectivity index (χ1) is 11.3. The van der Waals surface area contributed by atoms with Crippen molar-refractivity contribution in [1.82, 2.24) is 15.5 Å². The van der Waals surface area contributed by atoms with Crippen molar-refractivity contribution in [3.05, 3.63) is 66.6 Å². The summed E-state index contributed by atoms with van der Waals surface area (Å²) in [5.41, 5.74) is 0.883. The summed E-state index contributed by atoms with van der Waals surface area (Å²) in [6.45, 7) is 0.230. The molecule has 6 heteroatoms. The molecule has 0 unspecified atom stereocenters. The fourth-order valence-electron chi connectivity index (χ4n) is 1.92. The summed E-state index contributed by atoms with van der Waals surface area (Å²) in [5.74, 6) is 1.19. The van der Waals surface area contributed by atoms with Crippen LogP contribution in [0.3, 0.4) is 0 Å². The number of thioether (sulfide) groups is 1. The number of rotatable bonds is 6. The molecule has 3 rings (SSSR count). The Morgan fingerprint density at radius 3 is 2.48 bits per heavy atom. The van der Waals surface area contributed by atoms with Crippen LogP contribution in [0.15, 0.2) is 70.1 Å². The molecule has 0 aliphatic carbocycles. The van der Waals surface area contributed by atoms with E-state index < -0.39 is 0 Å². The minimum atomic E-state index is -0.0710. The van der Waals surface area contributed by atoms with Crippen LogP contribution in [0.25, 0.3) is 11.4 Å². The maximum absolute atomic E-state index is 11.8. The van der Waals surface area contributed by atoms with Gasteiger partial charge in [0.25, 0.3) is 0 Å². The zero-order valence-electron chi connectivity index (χ0n) is 12.3. The first-order valence-corrected chi connectivity index (χ1v) is 8.12. The number of carbonyl (C=O) groups excluding carboxylic acids is 1. The van der Waals surface area contributed by atoms with Crippen molar-refractivity contribution in [3.63, 3.8) is 0 Å². The van der Waals surface area contributed by atoms with Crippen molar-refractivity contribution >= 4 is 17.7 Å². The van der Waals surface area contributed by atoms with E-state index in [1.54, 1.807) is 0 Å². The van der Waals surface area contributed by atoms with E-state index in [4.69, 9.17) is 4.52 Å². The van der Waals surface area contributed by atoms with Gasteiger partial charge in [0.05, 0.1) is 12.3 Å². The third kappa shape index (κ3) is 4.43. The smallest absolute Gasteiger partial charge is 0.246 e. The van der Waals surface area contributed by atoms with E-state index in [0.717, 1.165) is 10.5 Å². The summed E-state index contributed by atoms with van der Waals surface area (Å²) in [6, 6.07) is 19.4. The number of nitrogens with zero attached hydrogens (tertiary/aromatic N) is 2. The third-order valence-corrected chi connectivity index (χ3v) is 4.06. The average molecular weight is 325 g/mol. The predicted molar refractivity (Wildman–Crippen MR) is 88.7 cm³/mol. The summed E-state index contributed by atoms with van der Waals surface area (Å²) in [5, 5.41) is 6.69. The van der Waals surface area contributed by atoms with E-state index in [1.165, 1.54) is 11.8 Å². The summed E-state index contributed by atoms with van der Waals surface area (Å²) in [4.78, 5) is 17.2. The first kappa shape index (κ1) is 15.3. The van der Waals surface area contributed by atoms with Crippen molar-refractivity contribution in [3.8, 4) is 11.4 Å². The molecule has 0 radical (unpaired) electrons. The molecule has 0 aliphatic rings. The van der Waals surface area contributed by atoms with E-state index in [9.17, 15) is 4.79 Å². The van der Waals surface area contributed by atoms with E-state index in [2.05, 4.69) is 15.5 Å². The van der Waals surface area contributed by atoms with Crippen LogP contribution in [0.2, 0.25) is 0 Å². The molecule has 1 aromatic heterocycles. The van der Waals surface area contributed by atoms with Gasteiger partial charge in [-0.05, 0) is 12.1 Å². The maximum atomic E-state index is 11.8. The van der Waals surface area contributed by atoms with Crippen LogP contribution >= 0.6 is 11.8 Å². The minimum Gasteiger partial charge on any atom is -0.346 e. The molecule has 0 fully saturated rings. The van der Waals surface area contributed by atoms with Gasteiger partial charge < -0.3 is 9.84 Å². The lowest BCUT2D eigenvalue weighted by atomic mass is 10.2. The zero-order chi connectivity index (χ0) is 15.9. The fourth-order valence-corrected chi connectivity index (χ4v) is 2.67. The molecule has 1 amide bonds. The molecule has 1 N–H and O–H groups in total. The number of aromatic nitrogens is 2. The minimum absolute atomic E-state index is 0.0710. The van der Waals surface area contributed by atoms with Crippen molar-refractivity contribution in [2.75, 3.05) is 5.75 Å². The van der Waals surface area contributed by atoms with Crippen molar-refractivity contribution in [2.24, 2.45) is 0 Å². The highest BCUT2D eigenvalue weighted by atomic mass is 32.2. The lowest BCUT2D eigenvalue weighted by molar-refractivity contribution is -0.118. The lowest BCUT2D eigenvalue weighted by Gasteiger charge is -2.02. The monoisotopic (exact) mass is 325 g/mol. The SMILES string of the molecule is O=C(CSc1ccccc1)NCc1nc(-c2ccccc2)no1. The summed E-state index contributed by atoms with van der Waals surface area (Å²) in [6.07, 6.45) is 0. The number of amides is 1. The second kappa shape index (κ2) is 7.60. The van der Waals surface area contributed by atoms with E-state index in [1.807, 2.05) is 60.7 Å². The van der Waals surface area contributed by atoms with Crippen LogP contribution in [0.1, 0.15) is 5.89 Å². The molecule has 5 nitrogen and oxygen atoms in total. The fraction of sp³-hybridized carbons (Fsp3) is 0.118. The highest BCUT2D eigenvalue weighted by Gasteiger charge is 2.09. The van der Waals surface area contributed by atoms with Crippen LogP contribution in [0.5, 0.6) is 0 Å². The highest BCUT2D eigenvalue weighted by molar-refractivity contribution is 8.00. The molecule has 0 spiro atoms. The van der Waals surface area contributed by atoms with Gasteiger partial charge in [-0.25, -0.2) is 0 Å². The lowest BCUT2D eigenvalue weighted by Crippen LogP contribution is -2.24. The van der Waals surface area contributed by atoms with Crippen molar-refractivity contribution in [2.45, 2.75) is 11.4 Å². The summed E-state index contributed by atoms with van der Waals surface area (Å²) in [7, 11) is 0. The number of benzene rings is 2. The standard InChI is InChI=1S/C17H15N3O2S/c21-15(12-23-14-9-5-2-6-10-14)18-11-16-19-17(20-22-16)13-7-3-1-4-8-13/h1-10H,11-12H2,(H,18,21). The van der Waals surface area contributed by atoms with Crippen LogP contribution in [0.4, 0.5) is 0 Å². The predicted octanol–water partition coefficient (Wildman–Crippen LogP) is 3.15. The molecule has 3 aromatic rings. The topological polar surface area (TPSA) is 68.0 Å². The number of hydrogen-bond donors (Lipinski definition) is 1. The molecule has 0 saturated carbocycles. The Labute approximate surface area is 138 Å². The molecule has 1 heterocycles. The van der Waals surface area contributed by atoms with Crippen LogP contribution < -0.4 is 5.32 Å². The van der Waals surface area contributed by atoms with Crippen LogP contribution in [-0.4, -0.2) is 21.8 Å². The van der Waals surface area contributed by atoms with Gasteiger partial charge in [0.1, 0.15) is 0 Å². The van der Waals surface area contributed by atoms with Gasteiger partial charge in [0, 0.05) is 10.5 Å². The molecule has 0 bridgehead atoms. The van der Waals surface area contributed by atoms with E-state index in [0.29, 0.717) is 17.5 Å². The number of carbonyl (C=O) groups is 1. The largest absolute Gasteiger partial charge is 0.346 e. The molecule has 0 atom stereocenters. The van der Waals surface area contributed by atoms with Crippen molar-refractivity contribution in [1.29, 1.82) is 0 Å². The molecule has 2 aromatic carbocycles. The Hall–Kier alpha value is -2.60. The van der Waals surface area contributed by atoms with Crippen LogP contribution in [-0.2, 0) is 11.3 Å². The Morgan fingerprint density at radius 2 is 1.74 bits per heavy atom. The van der Waals surface area contributed by atoms with Gasteiger partial charge in [0.2, 0.25) is 17.6 Å². The van der Waals surface area contributed by atoms with E-state index in [-0.39, 0.29) is 12.5 Å². The van der Waals surface area contributed by atoms with E-state index >= 15 is 0 Å². The Bertz CT molecular complexity index is 760. The average Bonchev–Trinajstić information content (AvgIpc) is 3.09. The quantitative estimate of drug-likeness (QED) is 0.705. The summed E-state index contributed by atoms with van der Waals surface area (Å²) >= 11 is 1.49. The molecular weight excluding hydrogens is 310 g/mol. The zero-order valence-corrected chi connectivity index (χ0v) is 13.1. The van der Waals surface area contributed by atoms with Gasteiger partial charge in [0.15, 0.2) is 0 Å². The number of hydrogen-bond acceptors (Lipinski definition) is 5. The molecular formula is C17H15N3O2S. The Morgan fingerprint density at radius 1 is 1.04 bits per heavy atom. The third-order valence-electron chi connectivity index (χ3n) is 3.05. The highest BCUT2D eigenvalue weighted by Crippen LogP contribution is 2.17. The molecule has 0 aliphatic heterocycles. The van der Waals surface area contributed by atoms with Crippen molar-refractivity contribution < 1.29 is 9.32 Å². The number of nitrogens with one attached hydrogen (secondary N) is 1. The molecule has 0 saturated heterocycles. The molecule has 23 heavy (non-hydrogen) atoms. The van der Waals surface area contributed by atoms with Gasteiger partial charge in [-0.2, -0.15) is 4.98 Å². The normalized spacial score (nSPS) is 10.4. The maximum Gasteiger partial charge on any atom is 0.246 e. The van der Waals surface area contributed by atoms with Gasteiger partial charge in [-0.1, -0.05) is 53.7 Å². The second-order valence-electron chi connectivity index (χ2n) is 4.76. The van der Waals surface area contributed by atoms with Gasteiger partial charge in [-0.3, -0.25) is 4.79 Å². The first-order valence-electron chi connectivity index (χ1n) is 7.14. The van der Waals surface area contributed by atoms with Gasteiger partial charge in [-0.15, -0.1) is 11.8 Å². The second-order valence-corrected chi connectivity index (χ2v) is 5.80.